The van der Waals surface area contributed by atoms with Gasteiger partial charge in [0, 0.05) is 5.92 Å². The van der Waals surface area contributed by atoms with Gasteiger partial charge in [-0.15, -0.1) is 0 Å². The fourth-order valence-electron chi connectivity index (χ4n) is 5.48. The zero-order valence-corrected chi connectivity index (χ0v) is 9.94. The van der Waals surface area contributed by atoms with Crippen molar-refractivity contribution in [1.29, 1.82) is 0 Å². The van der Waals surface area contributed by atoms with Crippen LogP contribution < -0.4 is 0 Å². The molecule has 0 radical (unpaired) electrons. The molecule has 0 amide bonds. The Morgan fingerprint density at radius 2 is 1.53 bits per heavy atom. The molecule has 88 valence electrons. The first-order chi connectivity index (χ1) is 8.43. The monoisotopic (exact) mass is 226 g/mol. The Morgan fingerprint density at radius 1 is 0.824 bits per heavy atom. The minimum atomic E-state index is 0.520. The molecule has 0 unspecified atom stereocenters. The Bertz CT molecular complexity index is 450. The molecule has 2 nitrogen and oxygen atoms in total. The van der Waals surface area contributed by atoms with Crippen molar-refractivity contribution in [2.75, 3.05) is 0 Å². The van der Waals surface area contributed by atoms with Crippen LogP contribution >= 0.6 is 0 Å². The quantitative estimate of drug-likeness (QED) is 0.567. The zero-order chi connectivity index (χ0) is 11.0. The first kappa shape index (κ1) is 9.07. The second-order valence-corrected chi connectivity index (χ2v) is 6.56. The molecule has 17 heavy (non-hydrogen) atoms. The van der Waals surface area contributed by atoms with Gasteiger partial charge in [0.25, 0.3) is 0 Å². The van der Waals surface area contributed by atoms with Gasteiger partial charge >= 0.3 is 0 Å². The molecule has 2 saturated carbocycles. The maximum atomic E-state index is 4.69. The van der Waals surface area contributed by atoms with Crippen LogP contribution in [-0.2, 0) is 0 Å². The largest absolute Gasteiger partial charge is 0.190 e. The molecule has 2 heterocycles. The second-order valence-electron chi connectivity index (χ2n) is 6.56. The summed E-state index contributed by atoms with van der Waals surface area (Å²) in [5.41, 5.74) is 0. The fourth-order valence-corrected chi connectivity index (χ4v) is 5.48. The van der Waals surface area contributed by atoms with Crippen molar-refractivity contribution in [3.05, 3.63) is 24.3 Å². The predicted octanol–water partition coefficient (Wildman–Crippen LogP) is 3.22. The van der Waals surface area contributed by atoms with Crippen LogP contribution in [0.4, 0.5) is 0 Å². The molecule has 4 bridgehead atoms. The first-order valence-electron chi connectivity index (χ1n) is 7.18. The summed E-state index contributed by atoms with van der Waals surface area (Å²) >= 11 is 0. The van der Waals surface area contributed by atoms with Gasteiger partial charge in [-0.25, -0.2) is 0 Å². The highest BCUT2D eigenvalue weighted by molar-refractivity contribution is 5.24. The minimum absolute atomic E-state index is 0.520. The summed E-state index contributed by atoms with van der Waals surface area (Å²) in [6.07, 6.45) is 13.9. The summed E-state index contributed by atoms with van der Waals surface area (Å²) < 4.78 is 0. The third-order valence-corrected chi connectivity index (χ3v) is 6.09. The van der Waals surface area contributed by atoms with E-state index in [0.717, 1.165) is 35.5 Å². The molecule has 0 aromatic carbocycles. The topological polar surface area (TPSA) is 24.7 Å². The van der Waals surface area contributed by atoms with Gasteiger partial charge in [-0.05, 0) is 48.9 Å². The molecule has 8 atom stereocenters. The Labute approximate surface area is 102 Å². The average molecular weight is 226 g/mol. The van der Waals surface area contributed by atoms with Crippen molar-refractivity contribution >= 4 is 0 Å². The number of azo groups is 1. The Balaban J connectivity index is 1.66. The van der Waals surface area contributed by atoms with Gasteiger partial charge in [0.05, 0.1) is 12.1 Å². The van der Waals surface area contributed by atoms with Crippen LogP contribution in [0.15, 0.2) is 34.5 Å². The summed E-state index contributed by atoms with van der Waals surface area (Å²) in [4.78, 5) is 0. The van der Waals surface area contributed by atoms with Crippen molar-refractivity contribution in [3.63, 3.8) is 0 Å². The Kier molecular flexibility index (Phi) is 1.55. The van der Waals surface area contributed by atoms with Gasteiger partial charge in [0.1, 0.15) is 0 Å². The van der Waals surface area contributed by atoms with Crippen molar-refractivity contribution in [2.24, 2.45) is 45.7 Å². The van der Waals surface area contributed by atoms with E-state index in [4.69, 9.17) is 5.11 Å². The third kappa shape index (κ3) is 0.951. The van der Waals surface area contributed by atoms with E-state index in [-0.39, 0.29) is 0 Å². The molecule has 5 aliphatic carbocycles. The predicted molar refractivity (Wildman–Crippen MR) is 65.5 cm³/mol. The van der Waals surface area contributed by atoms with Gasteiger partial charge in [-0.1, -0.05) is 24.3 Å². The summed E-state index contributed by atoms with van der Waals surface area (Å²) in [5.74, 6) is 4.82. The van der Waals surface area contributed by atoms with Crippen LogP contribution in [0.25, 0.3) is 0 Å². The van der Waals surface area contributed by atoms with E-state index in [1.54, 1.807) is 0 Å². The van der Waals surface area contributed by atoms with E-state index in [0.29, 0.717) is 12.1 Å². The summed E-state index contributed by atoms with van der Waals surface area (Å²) in [6.45, 7) is 0. The summed E-state index contributed by atoms with van der Waals surface area (Å²) in [6, 6.07) is 1.06. The van der Waals surface area contributed by atoms with Crippen LogP contribution in [0, 0.1) is 35.5 Å². The van der Waals surface area contributed by atoms with Crippen molar-refractivity contribution in [3.8, 4) is 0 Å². The molecule has 2 fully saturated rings. The Morgan fingerprint density at radius 3 is 2.29 bits per heavy atom. The second kappa shape index (κ2) is 2.90. The van der Waals surface area contributed by atoms with Crippen LogP contribution in [0.2, 0.25) is 0 Å². The number of fused-ring (bicyclic) bond motifs is 1. The lowest BCUT2D eigenvalue weighted by Crippen LogP contribution is -2.59. The first-order valence-corrected chi connectivity index (χ1v) is 7.18. The molecular formula is C15H18N2. The molecule has 0 N–H and O–H groups in total. The molecular weight excluding hydrogens is 208 g/mol. The fraction of sp³-hybridized carbons (Fsp3) is 0.733. The van der Waals surface area contributed by atoms with Gasteiger partial charge < -0.3 is 0 Å². The highest BCUT2D eigenvalue weighted by atomic mass is 15.2. The van der Waals surface area contributed by atoms with E-state index < -0.39 is 0 Å². The van der Waals surface area contributed by atoms with E-state index in [1.165, 1.54) is 19.3 Å². The highest BCUT2D eigenvalue weighted by Gasteiger charge is 2.59. The van der Waals surface area contributed by atoms with Crippen LogP contribution in [0.3, 0.4) is 0 Å². The molecule has 7 rings (SSSR count). The molecule has 2 heteroatoms. The normalized spacial score (nSPS) is 60.7. The van der Waals surface area contributed by atoms with Crippen LogP contribution in [0.5, 0.6) is 0 Å². The molecule has 0 aromatic rings. The van der Waals surface area contributed by atoms with E-state index in [9.17, 15) is 0 Å². The molecule has 0 saturated heterocycles. The van der Waals surface area contributed by atoms with Gasteiger partial charge in [0.2, 0.25) is 0 Å². The van der Waals surface area contributed by atoms with Gasteiger partial charge in [-0.3, -0.25) is 0 Å². The lowest BCUT2D eigenvalue weighted by molar-refractivity contribution is -0.0271. The van der Waals surface area contributed by atoms with E-state index in [2.05, 4.69) is 29.4 Å². The molecule has 0 spiro atoms. The van der Waals surface area contributed by atoms with Crippen molar-refractivity contribution in [1.82, 2.24) is 0 Å². The maximum Gasteiger partial charge on any atom is 0.0811 e. The average Bonchev–Trinajstić information content (AvgIpc) is 2.91. The number of rotatable bonds is 0. The Hall–Kier alpha value is -0.920. The maximum absolute atomic E-state index is 4.69. The smallest absolute Gasteiger partial charge is 0.0811 e. The van der Waals surface area contributed by atoms with Crippen LogP contribution in [-0.4, -0.2) is 12.1 Å². The lowest BCUT2D eigenvalue weighted by Gasteiger charge is -2.57. The van der Waals surface area contributed by atoms with Crippen LogP contribution in [0.1, 0.15) is 19.3 Å². The summed E-state index contributed by atoms with van der Waals surface area (Å²) in [7, 11) is 0. The summed E-state index contributed by atoms with van der Waals surface area (Å²) in [5, 5.41) is 9.38. The molecule has 2 aliphatic heterocycles. The number of allylic oxidation sites excluding steroid dienone is 3. The standard InChI is InChI=1S/C15H18N2/c1-2-10-11(3-1)15-13-9-6-4-8(5-7-9)12(13)14(10)16-17-15/h1-2,4,6,8-15H,3,5,7H2/t8-,9-,10+,11-,12+,13-,14+,15+/m0/s1. The van der Waals surface area contributed by atoms with Gasteiger partial charge in [-0.2, -0.15) is 10.2 Å². The highest BCUT2D eigenvalue weighted by Crippen LogP contribution is 2.59. The van der Waals surface area contributed by atoms with E-state index in [1.807, 2.05) is 0 Å². The van der Waals surface area contributed by atoms with E-state index >= 15 is 0 Å². The van der Waals surface area contributed by atoms with Crippen molar-refractivity contribution in [2.45, 2.75) is 31.3 Å². The number of hydrogen-bond acceptors (Lipinski definition) is 2. The zero-order valence-electron chi connectivity index (χ0n) is 9.94. The van der Waals surface area contributed by atoms with Gasteiger partial charge in [0.15, 0.2) is 0 Å². The third-order valence-electron chi connectivity index (χ3n) is 6.09. The lowest BCUT2D eigenvalue weighted by atomic mass is 9.50. The molecule has 7 aliphatic rings. The number of nitrogens with zero attached hydrogens (tertiary/aromatic N) is 2. The number of hydrogen-bond donors (Lipinski definition) is 0. The minimum Gasteiger partial charge on any atom is -0.190 e. The SMILES string of the molecule is C1=C[C@@H]2[C@H](C1)[C@H]1N=N[C@H]2[C@H]2[C@@H]1[C@H]1C=C[C@H]2CC1. The molecule has 0 aromatic heterocycles. The van der Waals surface area contributed by atoms with Crippen molar-refractivity contribution < 1.29 is 0 Å².